The van der Waals surface area contributed by atoms with Crippen molar-refractivity contribution in [1.82, 2.24) is 4.90 Å². The van der Waals surface area contributed by atoms with Gasteiger partial charge in [-0.3, -0.25) is 0 Å². The van der Waals surface area contributed by atoms with Gasteiger partial charge in [0.2, 0.25) is 0 Å². The number of hydrogen-bond acceptors (Lipinski definition) is 3. The van der Waals surface area contributed by atoms with Crippen LogP contribution < -0.4 is 5.32 Å². The van der Waals surface area contributed by atoms with Crippen LogP contribution in [0, 0.1) is 17.2 Å². The molecule has 2 amide bonds. The molecule has 0 aromatic heterocycles. The predicted molar refractivity (Wildman–Crippen MR) is 76.5 cm³/mol. The summed E-state index contributed by atoms with van der Waals surface area (Å²) in [5.74, 6) is -0.881. The number of piperidine rings is 1. The van der Waals surface area contributed by atoms with E-state index in [9.17, 15) is 23.1 Å². The molecule has 5 nitrogen and oxygen atoms in total. The number of nitrogens with one attached hydrogen (secondary N) is 1. The Morgan fingerprint density at radius 3 is 2.35 bits per heavy atom. The summed E-state index contributed by atoms with van der Waals surface area (Å²) in [5, 5.41) is 20.6. The van der Waals surface area contributed by atoms with Crippen LogP contribution in [0.25, 0.3) is 0 Å². The van der Waals surface area contributed by atoms with Crippen LogP contribution in [0.15, 0.2) is 24.3 Å². The summed E-state index contributed by atoms with van der Waals surface area (Å²) in [7, 11) is 0. The molecule has 0 bridgehead atoms. The van der Waals surface area contributed by atoms with E-state index in [1.807, 2.05) is 6.07 Å². The van der Waals surface area contributed by atoms with Gasteiger partial charge in [0.15, 0.2) is 6.10 Å². The van der Waals surface area contributed by atoms with E-state index in [1.165, 1.54) is 4.90 Å². The van der Waals surface area contributed by atoms with Crippen molar-refractivity contribution in [2.24, 2.45) is 5.92 Å². The van der Waals surface area contributed by atoms with Gasteiger partial charge in [-0.15, -0.1) is 0 Å². The third-order valence-corrected chi connectivity index (χ3v) is 3.87. The van der Waals surface area contributed by atoms with Gasteiger partial charge in [0, 0.05) is 18.8 Å². The zero-order valence-electron chi connectivity index (χ0n) is 12.2. The van der Waals surface area contributed by atoms with Crippen molar-refractivity contribution in [3.63, 3.8) is 0 Å². The highest BCUT2D eigenvalue weighted by Gasteiger charge is 2.44. The highest BCUT2D eigenvalue weighted by Crippen LogP contribution is 2.31. The third-order valence-electron chi connectivity index (χ3n) is 3.87. The number of carbonyl (C=O) groups excluding carboxylic acids is 1. The molecule has 0 spiro atoms. The smallest absolute Gasteiger partial charge is 0.383 e. The maximum absolute atomic E-state index is 12.5. The summed E-state index contributed by atoms with van der Waals surface area (Å²) in [6.45, 7) is 0.305. The zero-order chi connectivity index (χ0) is 17.0. The molecular formula is C15H16F3N3O2. The summed E-state index contributed by atoms with van der Waals surface area (Å²) in [6, 6.07) is 7.83. The van der Waals surface area contributed by atoms with Crippen LogP contribution in [0.2, 0.25) is 0 Å². The number of benzene rings is 1. The molecule has 0 aliphatic carbocycles. The zero-order valence-corrected chi connectivity index (χ0v) is 12.2. The highest BCUT2D eigenvalue weighted by atomic mass is 19.4. The van der Waals surface area contributed by atoms with E-state index in [4.69, 9.17) is 5.26 Å². The van der Waals surface area contributed by atoms with Crippen LogP contribution in [-0.2, 0) is 0 Å². The number of nitrogens with zero attached hydrogens (tertiary/aromatic N) is 2. The van der Waals surface area contributed by atoms with Gasteiger partial charge >= 0.3 is 12.2 Å². The summed E-state index contributed by atoms with van der Waals surface area (Å²) >= 11 is 0. The quantitative estimate of drug-likeness (QED) is 0.877. The lowest BCUT2D eigenvalue weighted by molar-refractivity contribution is -0.222. The van der Waals surface area contributed by atoms with E-state index in [2.05, 4.69) is 5.32 Å². The first-order valence-electron chi connectivity index (χ1n) is 7.12. The van der Waals surface area contributed by atoms with Crippen LogP contribution in [0.1, 0.15) is 18.4 Å². The van der Waals surface area contributed by atoms with Crippen LogP contribution in [0.3, 0.4) is 0 Å². The van der Waals surface area contributed by atoms with Crippen molar-refractivity contribution in [2.45, 2.75) is 25.1 Å². The molecule has 8 heteroatoms. The van der Waals surface area contributed by atoms with Gasteiger partial charge < -0.3 is 15.3 Å². The van der Waals surface area contributed by atoms with Gasteiger partial charge in [0.05, 0.1) is 11.6 Å². The third kappa shape index (κ3) is 4.36. The second-order valence-electron chi connectivity index (χ2n) is 5.43. The van der Waals surface area contributed by atoms with Crippen LogP contribution in [0.5, 0.6) is 0 Å². The minimum atomic E-state index is -4.63. The lowest BCUT2D eigenvalue weighted by atomic mass is 9.91. The number of amides is 2. The van der Waals surface area contributed by atoms with E-state index >= 15 is 0 Å². The highest BCUT2D eigenvalue weighted by molar-refractivity contribution is 5.89. The summed E-state index contributed by atoms with van der Waals surface area (Å²) in [5.41, 5.74) is 0.969. The molecule has 1 heterocycles. The number of rotatable bonds is 2. The fourth-order valence-corrected chi connectivity index (χ4v) is 2.52. The van der Waals surface area contributed by atoms with E-state index < -0.39 is 24.2 Å². The molecule has 2 rings (SSSR count). The molecule has 0 saturated carbocycles. The van der Waals surface area contributed by atoms with Gasteiger partial charge in [-0.2, -0.15) is 18.4 Å². The Hall–Kier alpha value is -2.27. The Balaban J connectivity index is 1.87. The Labute approximate surface area is 131 Å². The molecule has 2 N–H and O–H groups in total. The van der Waals surface area contributed by atoms with E-state index in [0.29, 0.717) is 11.3 Å². The van der Waals surface area contributed by atoms with Crippen molar-refractivity contribution in [2.75, 3.05) is 18.4 Å². The molecule has 1 aliphatic heterocycles. The first-order valence-corrected chi connectivity index (χ1v) is 7.12. The van der Waals surface area contributed by atoms with Crippen LogP contribution >= 0.6 is 0 Å². The van der Waals surface area contributed by atoms with Crippen molar-refractivity contribution in [1.29, 1.82) is 5.26 Å². The van der Waals surface area contributed by atoms with Gasteiger partial charge in [-0.25, -0.2) is 4.79 Å². The number of likely N-dealkylation sites (tertiary alicyclic amines) is 1. The molecule has 1 saturated heterocycles. The topological polar surface area (TPSA) is 76.4 Å². The van der Waals surface area contributed by atoms with Gasteiger partial charge in [-0.1, -0.05) is 0 Å². The van der Waals surface area contributed by atoms with Crippen molar-refractivity contribution in [3.8, 4) is 6.07 Å². The number of aliphatic hydroxyl groups is 1. The Kier molecular flexibility index (Phi) is 5.11. The van der Waals surface area contributed by atoms with Crippen LogP contribution in [-0.4, -0.2) is 41.4 Å². The lowest BCUT2D eigenvalue weighted by Crippen LogP contribution is -2.46. The molecular weight excluding hydrogens is 311 g/mol. The molecule has 1 fully saturated rings. The van der Waals surface area contributed by atoms with Crippen molar-refractivity contribution < 1.29 is 23.1 Å². The standard InChI is InChI=1S/C15H16F3N3O2/c16-15(17,18)13(22)11-5-7-21(8-6-11)14(23)20-12-3-1-10(9-19)2-4-12/h1-4,11,13,22H,5-8H2,(H,20,23). The Morgan fingerprint density at radius 1 is 1.30 bits per heavy atom. The van der Waals surface area contributed by atoms with E-state index in [-0.39, 0.29) is 25.9 Å². The minimum absolute atomic E-state index is 0.0987. The van der Waals surface area contributed by atoms with Gasteiger partial charge in [0.25, 0.3) is 0 Å². The maximum Gasteiger partial charge on any atom is 0.414 e. The normalized spacial score (nSPS) is 17.4. The summed E-state index contributed by atoms with van der Waals surface area (Å²) in [4.78, 5) is 13.5. The van der Waals surface area contributed by atoms with Crippen LogP contribution in [0.4, 0.5) is 23.7 Å². The predicted octanol–water partition coefficient (Wildman–Crippen LogP) is 2.73. The molecule has 1 aromatic rings. The summed E-state index contributed by atoms with van der Waals surface area (Å²) in [6.07, 6.45) is -6.77. The fourth-order valence-electron chi connectivity index (χ4n) is 2.52. The fraction of sp³-hybridized carbons (Fsp3) is 0.467. The number of urea groups is 1. The average molecular weight is 327 g/mol. The molecule has 1 unspecified atom stereocenters. The average Bonchev–Trinajstić information content (AvgIpc) is 2.54. The lowest BCUT2D eigenvalue weighted by Gasteiger charge is -2.34. The summed E-state index contributed by atoms with van der Waals surface area (Å²) < 4.78 is 37.4. The maximum atomic E-state index is 12.5. The number of aliphatic hydroxyl groups excluding tert-OH is 1. The minimum Gasteiger partial charge on any atom is -0.383 e. The van der Waals surface area contributed by atoms with E-state index in [1.54, 1.807) is 24.3 Å². The van der Waals surface area contributed by atoms with Crippen molar-refractivity contribution >= 4 is 11.7 Å². The molecule has 23 heavy (non-hydrogen) atoms. The van der Waals surface area contributed by atoms with Gasteiger partial charge in [-0.05, 0) is 43.0 Å². The Morgan fingerprint density at radius 2 is 1.87 bits per heavy atom. The van der Waals surface area contributed by atoms with E-state index in [0.717, 1.165) is 0 Å². The largest absolute Gasteiger partial charge is 0.414 e. The number of anilines is 1. The SMILES string of the molecule is N#Cc1ccc(NC(=O)N2CCC(C(O)C(F)(F)F)CC2)cc1. The monoisotopic (exact) mass is 327 g/mol. The van der Waals surface area contributed by atoms with Gasteiger partial charge in [0.1, 0.15) is 0 Å². The number of nitriles is 1. The number of hydrogen-bond donors (Lipinski definition) is 2. The second-order valence-corrected chi connectivity index (χ2v) is 5.43. The molecule has 1 aliphatic rings. The first kappa shape index (κ1) is 17.1. The number of alkyl halides is 3. The molecule has 1 aromatic carbocycles. The first-order chi connectivity index (χ1) is 10.8. The second kappa shape index (κ2) is 6.87. The number of halogens is 3. The Bertz CT molecular complexity index is 587. The molecule has 124 valence electrons. The number of carbonyl (C=O) groups is 1. The van der Waals surface area contributed by atoms with Crippen molar-refractivity contribution in [3.05, 3.63) is 29.8 Å². The molecule has 1 atom stereocenters. The molecule has 0 radical (unpaired) electrons.